The van der Waals surface area contributed by atoms with E-state index < -0.39 is 24.0 Å². The van der Waals surface area contributed by atoms with Crippen LogP contribution in [0.4, 0.5) is 0 Å². The molecule has 0 spiro atoms. The molecule has 174 valence electrons. The van der Waals surface area contributed by atoms with Gasteiger partial charge in [0, 0.05) is 40.9 Å². The average molecular weight is 491 g/mol. The number of aliphatic carboxylic acids is 1. The summed E-state index contributed by atoms with van der Waals surface area (Å²) in [6.07, 6.45) is 1.67. The van der Waals surface area contributed by atoms with Gasteiger partial charge in [0.15, 0.2) is 10.8 Å². The van der Waals surface area contributed by atoms with Gasteiger partial charge in [-0.2, -0.15) is 0 Å². The predicted molar refractivity (Wildman–Crippen MR) is 124 cm³/mol. The van der Waals surface area contributed by atoms with Crippen LogP contribution in [0.15, 0.2) is 46.0 Å². The van der Waals surface area contributed by atoms with E-state index in [1.54, 1.807) is 11.1 Å². The smallest absolute Gasteiger partial charge is 0.338 e. The Labute approximate surface area is 199 Å². The molecule has 3 heterocycles. The number of benzene rings is 1. The Bertz CT molecular complexity index is 1120. The SMILES string of the molecule is COC(=O)C1=C(CN2CCOC[C@H]2C(=O)O)NC(c2nccs2)=N[C@H]1c1ccc(C)cc1Cl. The summed E-state index contributed by atoms with van der Waals surface area (Å²) in [5.74, 6) is -1.08. The summed E-state index contributed by atoms with van der Waals surface area (Å²) in [5.41, 5.74) is 2.40. The zero-order chi connectivity index (χ0) is 23.5. The van der Waals surface area contributed by atoms with Crippen LogP contribution in [-0.4, -0.2) is 72.2 Å². The molecular formula is C22H23ClN4O5S. The number of aryl methyl sites for hydroxylation is 1. The number of esters is 1. The van der Waals surface area contributed by atoms with Crippen molar-refractivity contribution < 1.29 is 24.2 Å². The van der Waals surface area contributed by atoms with Crippen LogP contribution in [0.5, 0.6) is 0 Å². The number of hydrogen-bond acceptors (Lipinski definition) is 9. The molecule has 0 bridgehead atoms. The fourth-order valence-corrected chi connectivity index (χ4v) is 4.78. The molecule has 2 N–H and O–H groups in total. The number of aromatic nitrogens is 1. The number of hydrogen-bond donors (Lipinski definition) is 2. The van der Waals surface area contributed by atoms with Gasteiger partial charge >= 0.3 is 11.9 Å². The Balaban J connectivity index is 1.83. The first-order valence-electron chi connectivity index (χ1n) is 10.3. The van der Waals surface area contributed by atoms with E-state index in [1.807, 2.05) is 30.5 Å². The lowest BCUT2D eigenvalue weighted by Crippen LogP contribution is -2.52. The van der Waals surface area contributed by atoms with Crippen molar-refractivity contribution in [2.45, 2.75) is 19.0 Å². The first-order valence-corrected chi connectivity index (χ1v) is 11.5. The zero-order valence-electron chi connectivity index (χ0n) is 18.1. The highest BCUT2D eigenvalue weighted by molar-refractivity contribution is 7.11. The average Bonchev–Trinajstić information content (AvgIpc) is 3.33. The lowest BCUT2D eigenvalue weighted by molar-refractivity contribution is -0.149. The first-order chi connectivity index (χ1) is 15.9. The molecule has 1 fully saturated rings. The van der Waals surface area contributed by atoms with Crippen LogP contribution in [-0.2, 0) is 19.1 Å². The number of nitrogens with one attached hydrogen (secondary N) is 1. The molecule has 2 aliphatic heterocycles. The highest BCUT2D eigenvalue weighted by Crippen LogP contribution is 2.37. The summed E-state index contributed by atoms with van der Waals surface area (Å²) in [6.45, 7) is 2.95. The number of amidine groups is 1. The molecule has 0 aliphatic carbocycles. The van der Waals surface area contributed by atoms with E-state index >= 15 is 0 Å². The highest BCUT2D eigenvalue weighted by Gasteiger charge is 2.37. The number of thiazole rings is 1. The van der Waals surface area contributed by atoms with Crippen molar-refractivity contribution in [3.8, 4) is 0 Å². The zero-order valence-corrected chi connectivity index (χ0v) is 19.7. The lowest BCUT2D eigenvalue weighted by Gasteiger charge is -2.35. The summed E-state index contributed by atoms with van der Waals surface area (Å²) in [6, 6.07) is 3.97. The molecule has 0 saturated carbocycles. The third-order valence-corrected chi connectivity index (χ3v) is 6.61. The van der Waals surface area contributed by atoms with E-state index in [1.165, 1.54) is 18.4 Å². The Morgan fingerprint density at radius 1 is 1.42 bits per heavy atom. The van der Waals surface area contributed by atoms with Crippen molar-refractivity contribution in [1.82, 2.24) is 15.2 Å². The van der Waals surface area contributed by atoms with Gasteiger partial charge in [-0.25, -0.2) is 9.78 Å². The van der Waals surface area contributed by atoms with E-state index in [9.17, 15) is 14.7 Å². The van der Waals surface area contributed by atoms with Crippen molar-refractivity contribution in [3.05, 3.63) is 62.2 Å². The number of morpholine rings is 1. The second-order valence-corrected chi connectivity index (χ2v) is 8.95. The molecule has 1 aromatic carbocycles. The predicted octanol–water partition coefficient (Wildman–Crippen LogP) is 2.41. The second kappa shape index (κ2) is 10.0. The topological polar surface area (TPSA) is 113 Å². The quantitative estimate of drug-likeness (QED) is 0.593. The van der Waals surface area contributed by atoms with Crippen molar-refractivity contribution in [1.29, 1.82) is 0 Å². The molecule has 0 amide bonds. The van der Waals surface area contributed by atoms with Gasteiger partial charge in [-0.3, -0.25) is 14.7 Å². The molecule has 4 rings (SSSR count). The Morgan fingerprint density at radius 3 is 2.91 bits per heavy atom. The maximum Gasteiger partial charge on any atom is 0.338 e. The van der Waals surface area contributed by atoms with Crippen LogP contribution in [0.3, 0.4) is 0 Å². The monoisotopic (exact) mass is 490 g/mol. The number of halogens is 1. The molecule has 0 radical (unpaired) electrons. The first kappa shape index (κ1) is 23.4. The van der Waals surface area contributed by atoms with Crippen LogP contribution in [0, 0.1) is 6.92 Å². The van der Waals surface area contributed by atoms with E-state index in [0.717, 1.165) is 5.56 Å². The van der Waals surface area contributed by atoms with Gasteiger partial charge in [0.05, 0.1) is 25.9 Å². The third-order valence-electron chi connectivity index (χ3n) is 5.50. The number of carboxylic acids is 1. The van der Waals surface area contributed by atoms with Crippen molar-refractivity contribution in [2.75, 3.05) is 33.4 Å². The summed E-state index contributed by atoms with van der Waals surface area (Å²) in [7, 11) is 1.30. The summed E-state index contributed by atoms with van der Waals surface area (Å²) in [5, 5.41) is 15.8. The van der Waals surface area contributed by atoms with Gasteiger partial charge in [0.1, 0.15) is 12.1 Å². The fourth-order valence-electron chi connectivity index (χ4n) is 3.86. The van der Waals surface area contributed by atoms with Gasteiger partial charge in [0.25, 0.3) is 0 Å². The van der Waals surface area contributed by atoms with Gasteiger partial charge in [-0.05, 0) is 18.6 Å². The minimum atomic E-state index is -0.988. The van der Waals surface area contributed by atoms with Crippen molar-refractivity contribution in [3.63, 3.8) is 0 Å². The van der Waals surface area contributed by atoms with Crippen molar-refractivity contribution in [2.24, 2.45) is 4.99 Å². The molecule has 0 unspecified atom stereocenters. The van der Waals surface area contributed by atoms with Gasteiger partial charge < -0.3 is 19.9 Å². The maximum atomic E-state index is 13.0. The number of nitrogens with zero attached hydrogens (tertiary/aromatic N) is 3. The molecule has 9 nitrogen and oxygen atoms in total. The Kier molecular flexibility index (Phi) is 7.08. The fraction of sp³-hybridized carbons (Fsp3) is 0.364. The third kappa shape index (κ3) is 4.93. The molecule has 2 aliphatic rings. The summed E-state index contributed by atoms with van der Waals surface area (Å²) >= 11 is 7.97. The number of aliphatic imine (C=N–C) groups is 1. The minimum absolute atomic E-state index is 0.0663. The Morgan fingerprint density at radius 2 is 2.24 bits per heavy atom. The van der Waals surface area contributed by atoms with Gasteiger partial charge in [0.2, 0.25) is 0 Å². The van der Waals surface area contributed by atoms with Crippen LogP contribution in [0.25, 0.3) is 0 Å². The lowest BCUT2D eigenvalue weighted by atomic mass is 9.94. The molecule has 2 atom stereocenters. The summed E-state index contributed by atoms with van der Waals surface area (Å²) < 4.78 is 10.5. The van der Waals surface area contributed by atoms with Crippen LogP contribution in [0.1, 0.15) is 22.2 Å². The second-order valence-electron chi connectivity index (χ2n) is 7.65. The molecular weight excluding hydrogens is 468 g/mol. The number of carbonyl (C=O) groups excluding carboxylic acids is 1. The van der Waals surface area contributed by atoms with Crippen molar-refractivity contribution >= 4 is 40.7 Å². The minimum Gasteiger partial charge on any atom is -0.480 e. The van der Waals surface area contributed by atoms with E-state index in [4.69, 9.17) is 26.1 Å². The molecule has 33 heavy (non-hydrogen) atoms. The van der Waals surface area contributed by atoms with Gasteiger partial charge in [-0.1, -0.05) is 23.7 Å². The molecule has 2 aromatic rings. The van der Waals surface area contributed by atoms with Gasteiger partial charge in [-0.15, -0.1) is 11.3 Å². The largest absolute Gasteiger partial charge is 0.480 e. The van der Waals surface area contributed by atoms with Crippen LogP contribution >= 0.6 is 22.9 Å². The number of rotatable bonds is 6. The standard InChI is InChI=1S/C22H23ClN4O5S/c1-12-3-4-13(14(23)9-12)18-17(22(30)31-2)15(25-19(26-18)20-24-5-8-33-20)10-27-6-7-32-11-16(27)21(28)29/h3-5,8-9,16,18H,6-7,10-11H2,1-2H3,(H,25,26)(H,28,29)/t16-,18-/m0/s1. The number of carbonyl (C=O) groups is 2. The highest BCUT2D eigenvalue weighted by atomic mass is 35.5. The number of methoxy groups -OCH3 is 1. The molecule has 1 aromatic heterocycles. The summed E-state index contributed by atoms with van der Waals surface area (Å²) in [4.78, 5) is 35.7. The maximum absolute atomic E-state index is 13.0. The number of carboxylic acid groups (broad SMARTS) is 1. The van der Waals surface area contributed by atoms with E-state index in [-0.39, 0.29) is 18.7 Å². The van der Waals surface area contributed by atoms with Crippen LogP contribution in [0.2, 0.25) is 5.02 Å². The normalized spacial score (nSPS) is 21.4. The Hall–Kier alpha value is -2.79. The van der Waals surface area contributed by atoms with E-state index in [2.05, 4.69) is 10.3 Å². The van der Waals surface area contributed by atoms with Crippen LogP contribution < -0.4 is 5.32 Å². The number of ether oxygens (including phenoxy) is 2. The molecule has 11 heteroatoms. The van der Waals surface area contributed by atoms with E-state index in [0.29, 0.717) is 40.3 Å². The molecule has 1 saturated heterocycles.